The standard InChI is InChI=1S/C26H35NO16/c1-10-27-25-23(36-10)21(38-14(5)31)20(17(41-25)8-34-11(2)28)43-26-24(40-16(7)33)22(39-15(6)32)19(37-13(4)30)18(42-26)9-35-12(3)29/h17-26H,8-9H2,1-7H3/t17-,18-,19-,20-,21+,22+,23-,24-,25+,26-/m1/s1. The SMILES string of the molecule is CC(=O)OC[C@H]1O[C@@H]2N=C(C)O[C@@H]2[C@@H](OC(C)=O)[C@@H]1O[C@H]1O[C@H](COC(C)=O)[C@@H](OC(C)=O)[C@H](OC(C)=O)[C@H]1OC(C)=O. The molecule has 0 spiro atoms. The highest BCUT2D eigenvalue weighted by molar-refractivity contribution is 5.75. The lowest BCUT2D eigenvalue weighted by Crippen LogP contribution is -2.66. The minimum absolute atomic E-state index is 0.228. The summed E-state index contributed by atoms with van der Waals surface area (Å²) >= 11 is 0. The zero-order valence-electron chi connectivity index (χ0n) is 24.7. The predicted octanol–water partition coefficient (Wildman–Crippen LogP) is -0.508. The van der Waals surface area contributed by atoms with E-state index in [1.807, 2.05) is 0 Å². The minimum atomic E-state index is -1.65. The van der Waals surface area contributed by atoms with E-state index in [0.29, 0.717) is 0 Å². The zero-order valence-corrected chi connectivity index (χ0v) is 24.7. The number of esters is 6. The van der Waals surface area contributed by atoms with Crippen LogP contribution in [0.1, 0.15) is 48.5 Å². The van der Waals surface area contributed by atoms with E-state index in [9.17, 15) is 28.8 Å². The molecule has 2 fully saturated rings. The smallest absolute Gasteiger partial charge is 0.303 e. The van der Waals surface area contributed by atoms with Crippen molar-refractivity contribution in [3.63, 3.8) is 0 Å². The number of nitrogens with zero attached hydrogens (tertiary/aromatic N) is 1. The fraction of sp³-hybridized carbons (Fsp3) is 0.731. The fourth-order valence-electron chi connectivity index (χ4n) is 4.81. The van der Waals surface area contributed by atoms with E-state index in [1.54, 1.807) is 6.92 Å². The van der Waals surface area contributed by atoms with Crippen molar-refractivity contribution in [1.82, 2.24) is 0 Å². The Labute approximate surface area is 246 Å². The van der Waals surface area contributed by atoms with Gasteiger partial charge < -0.3 is 47.4 Å². The molecule has 10 atom stereocenters. The van der Waals surface area contributed by atoms with Crippen molar-refractivity contribution >= 4 is 41.7 Å². The van der Waals surface area contributed by atoms with E-state index in [-0.39, 0.29) is 12.5 Å². The highest BCUT2D eigenvalue weighted by Gasteiger charge is 2.58. The van der Waals surface area contributed by atoms with Crippen LogP contribution in [-0.4, -0.2) is 116 Å². The van der Waals surface area contributed by atoms with Crippen molar-refractivity contribution in [2.75, 3.05) is 13.2 Å². The molecule has 240 valence electrons. The summed E-state index contributed by atoms with van der Waals surface area (Å²) in [5.74, 6) is -4.35. The van der Waals surface area contributed by atoms with Crippen LogP contribution in [0.5, 0.6) is 0 Å². The molecule has 3 aliphatic heterocycles. The molecule has 3 aliphatic rings. The Kier molecular flexibility index (Phi) is 11.4. The summed E-state index contributed by atoms with van der Waals surface area (Å²) in [5, 5.41) is 0. The third-order valence-electron chi connectivity index (χ3n) is 6.22. The first kappa shape index (κ1) is 33.7. The molecule has 0 saturated carbocycles. The number of ether oxygens (including phenoxy) is 10. The Hall–Kier alpha value is -3.83. The van der Waals surface area contributed by atoms with Crippen molar-refractivity contribution in [2.45, 2.75) is 110 Å². The van der Waals surface area contributed by atoms with Crippen LogP contribution in [0.15, 0.2) is 4.99 Å². The van der Waals surface area contributed by atoms with Gasteiger partial charge in [-0.05, 0) is 0 Å². The first-order valence-electron chi connectivity index (χ1n) is 13.3. The van der Waals surface area contributed by atoms with Gasteiger partial charge in [-0.3, -0.25) is 28.8 Å². The molecule has 3 rings (SSSR count). The summed E-state index contributed by atoms with van der Waals surface area (Å²) < 4.78 is 56.0. The third-order valence-corrected chi connectivity index (χ3v) is 6.22. The number of hydrogen-bond donors (Lipinski definition) is 0. The van der Waals surface area contributed by atoms with Crippen molar-refractivity contribution in [1.29, 1.82) is 0 Å². The molecule has 0 aliphatic carbocycles. The number of hydrogen-bond acceptors (Lipinski definition) is 17. The normalized spacial score (nSPS) is 33.0. The van der Waals surface area contributed by atoms with Gasteiger partial charge in [0.15, 0.2) is 48.9 Å². The van der Waals surface area contributed by atoms with Crippen LogP contribution in [0, 0.1) is 0 Å². The van der Waals surface area contributed by atoms with Gasteiger partial charge in [-0.2, -0.15) is 0 Å². The van der Waals surface area contributed by atoms with Crippen molar-refractivity contribution < 1.29 is 76.1 Å². The van der Waals surface area contributed by atoms with Crippen LogP contribution < -0.4 is 0 Å². The highest BCUT2D eigenvalue weighted by atomic mass is 16.8. The number of rotatable bonds is 10. The maximum absolute atomic E-state index is 12.2. The maximum Gasteiger partial charge on any atom is 0.303 e. The molecule has 3 heterocycles. The molecule has 17 nitrogen and oxygen atoms in total. The largest absolute Gasteiger partial charge is 0.469 e. The van der Waals surface area contributed by atoms with E-state index < -0.39 is 104 Å². The number of aliphatic imine (C=N–C) groups is 1. The van der Waals surface area contributed by atoms with E-state index in [4.69, 9.17) is 47.4 Å². The van der Waals surface area contributed by atoms with Gasteiger partial charge in [-0.1, -0.05) is 0 Å². The minimum Gasteiger partial charge on any atom is -0.469 e. The fourth-order valence-corrected chi connectivity index (χ4v) is 4.81. The Balaban J connectivity index is 2.07. The lowest BCUT2D eigenvalue weighted by molar-refractivity contribution is -0.342. The molecule has 0 unspecified atom stereocenters. The van der Waals surface area contributed by atoms with E-state index in [0.717, 1.165) is 34.6 Å². The highest BCUT2D eigenvalue weighted by Crippen LogP contribution is 2.36. The number of fused-ring (bicyclic) bond motifs is 1. The molecule has 0 bridgehead atoms. The van der Waals surface area contributed by atoms with Gasteiger partial charge in [0.25, 0.3) is 0 Å². The van der Waals surface area contributed by atoms with Crippen LogP contribution >= 0.6 is 0 Å². The molecule has 17 heteroatoms. The van der Waals surface area contributed by atoms with Crippen LogP contribution in [0.4, 0.5) is 0 Å². The summed E-state index contributed by atoms with van der Waals surface area (Å²) in [4.78, 5) is 76.1. The van der Waals surface area contributed by atoms with Crippen LogP contribution in [-0.2, 0) is 76.1 Å². The molecular formula is C26H35NO16. The Morgan fingerprint density at radius 3 is 1.58 bits per heavy atom. The first-order valence-corrected chi connectivity index (χ1v) is 13.3. The van der Waals surface area contributed by atoms with Gasteiger partial charge in [-0.15, -0.1) is 0 Å². The summed E-state index contributed by atoms with van der Waals surface area (Å²) in [5.41, 5.74) is 0. The van der Waals surface area contributed by atoms with Gasteiger partial charge in [0.05, 0.1) is 0 Å². The summed E-state index contributed by atoms with van der Waals surface area (Å²) in [6.07, 6.45) is -13.1. The molecule has 2 saturated heterocycles. The molecule has 43 heavy (non-hydrogen) atoms. The zero-order chi connectivity index (χ0) is 32.0. The summed E-state index contributed by atoms with van der Waals surface area (Å²) in [7, 11) is 0. The van der Waals surface area contributed by atoms with Crippen molar-refractivity contribution in [2.24, 2.45) is 4.99 Å². The van der Waals surface area contributed by atoms with Gasteiger partial charge in [0, 0.05) is 48.5 Å². The Bertz CT molecular complexity index is 1120. The lowest BCUT2D eigenvalue weighted by atomic mass is 9.96. The molecule has 0 aromatic carbocycles. The summed E-state index contributed by atoms with van der Waals surface area (Å²) in [6.45, 7) is 7.36. The molecular weight excluding hydrogens is 582 g/mol. The number of carbonyl (C=O) groups is 6. The van der Waals surface area contributed by atoms with E-state index in [1.165, 1.54) is 6.92 Å². The second-order valence-corrected chi connectivity index (χ2v) is 9.84. The average Bonchev–Trinajstić information content (AvgIpc) is 3.25. The summed E-state index contributed by atoms with van der Waals surface area (Å²) in [6, 6.07) is 0. The van der Waals surface area contributed by atoms with Crippen LogP contribution in [0.2, 0.25) is 0 Å². The Morgan fingerprint density at radius 2 is 1.07 bits per heavy atom. The second-order valence-electron chi connectivity index (χ2n) is 9.84. The van der Waals surface area contributed by atoms with Crippen LogP contribution in [0.25, 0.3) is 0 Å². The molecule has 0 amide bonds. The third kappa shape index (κ3) is 9.08. The van der Waals surface area contributed by atoms with E-state index >= 15 is 0 Å². The topological polar surface area (TPSA) is 207 Å². The molecule has 0 radical (unpaired) electrons. The monoisotopic (exact) mass is 617 g/mol. The van der Waals surface area contributed by atoms with Crippen LogP contribution in [0.3, 0.4) is 0 Å². The maximum atomic E-state index is 12.2. The average molecular weight is 618 g/mol. The molecule has 0 N–H and O–H groups in total. The van der Waals surface area contributed by atoms with Crippen molar-refractivity contribution in [3.8, 4) is 0 Å². The number of carbonyl (C=O) groups excluding carboxylic acids is 6. The first-order chi connectivity index (χ1) is 20.2. The van der Waals surface area contributed by atoms with Gasteiger partial charge >= 0.3 is 35.8 Å². The molecule has 0 aromatic rings. The van der Waals surface area contributed by atoms with E-state index in [2.05, 4.69) is 4.99 Å². The predicted molar refractivity (Wildman–Crippen MR) is 136 cm³/mol. The molecule has 0 aromatic heterocycles. The second kappa shape index (κ2) is 14.6. The van der Waals surface area contributed by atoms with Crippen molar-refractivity contribution in [3.05, 3.63) is 0 Å². The quantitative estimate of drug-likeness (QED) is 0.223. The van der Waals surface area contributed by atoms with Gasteiger partial charge in [0.2, 0.25) is 0 Å². The van der Waals surface area contributed by atoms with Gasteiger partial charge in [0.1, 0.15) is 31.5 Å². The Morgan fingerprint density at radius 1 is 0.605 bits per heavy atom. The lowest BCUT2D eigenvalue weighted by Gasteiger charge is -2.47. The van der Waals surface area contributed by atoms with Gasteiger partial charge in [-0.25, -0.2) is 4.99 Å².